The van der Waals surface area contributed by atoms with E-state index in [9.17, 15) is 0 Å². The molecule has 2 aliphatic heterocycles. The molecular formula is C21H25ClN2S2. The van der Waals surface area contributed by atoms with Gasteiger partial charge in [-0.2, -0.15) is 11.8 Å². The largest absolute Gasteiger partial charge is 0.300 e. The Balaban J connectivity index is 1.60. The maximum Gasteiger partial charge on any atom is 0.0410 e. The average molecular weight is 405 g/mol. The molecule has 2 aromatic rings. The number of halogens is 1. The van der Waals surface area contributed by atoms with Crippen molar-refractivity contribution in [2.45, 2.75) is 22.3 Å². The van der Waals surface area contributed by atoms with Crippen molar-refractivity contribution in [3.8, 4) is 0 Å². The summed E-state index contributed by atoms with van der Waals surface area (Å²) in [6.45, 7) is 5.82. The molecule has 138 valence electrons. The first-order valence-electron chi connectivity index (χ1n) is 9.25. The summed E-state index contributed by atoms with van der Waals surface area (Å²) in [4.78, 5) is 8.02. The van der Waals surface area contributed by atoms with Gasteiger partial charge in [-0.3, -0.25) is 9.80 Å². The van der Waals surface area contributed by atoms with E-state index in [1.165, 1.54) is 46.3 Å². The highest BCUT2D eigenvalue weighted by Crippen LogP contribution is 2.43. The molecule has 26 heavy (non-hydrogen) atoms. The minimum absolute atomic E-state index is 0.419. The van der Waals surface area contributed by atoms with E-state index in [4.69, 9.17) is 11.6 Å². The normalized spacial score (nSPS) is 21.1. The second-order valence-electron chi connectivity index (χ2n) is 6.98. The van der Waals surface area contributed by atoms with Gasteiger partial charge in [-0.1, -0.05) is 41.6 Å². The van der Waals surface area contributed by atoms with Crippen LogP contribution in [0.2, 0.25) is 5.02 Å². The molecule has 2 aromatic carbocycles. The molecular weight excluding hydrogens is 380 g/mol. The fourth-order valence-electron chi connectivity index (χ4n) is 3.93. The zero-order valence-corrected chi connectivity index (χ0v) is 17.5. The number of thioether (sulfide) groups is 1. The molecule has 0 aromatic heterocycles. The minimum atomic E-state index is 0.419. The Morgan fingerprint density at radius 1 is 1.08 bits per heavy atom. The number of piperazine rings is 1. The van der Waals surface area contributed by atoms with E-state index < -0.39 is 0 Å². The molecule has 5 heteroatoms. The lowest BCUT2D eigenvalue weighted by Crippen LogP contribution is -2.48. The number of fused-ring (bicyclic) bond motifs is 2. The first-order valence-corrected chi connectivity index (χ1v) is 11.8. The molecule has 2 heterocycles. The van der Waals surface area contributed by atoms with E-state index >= 15 is 0 Å². The first-order chi connectivity index (χ1) is 12.7. The topological polar surface area (TPSA) is 6.48 Å². The Bertz CT molecular complexity index is 759. The Morgan fingerprint density at radius 3 is 2.69 bits per heavy atom. The Hall–Kier alpha value is -0.650. The number of hydrogen-bond donors (Lipinski definition) is 0. The summed E-state index contributed by atoms with van der Waals surface area (Å²) in [5.74, 6) is 1.23. The molecule has 1 saturated heterocycles. The van der Waals surface area contributed by atoms with Crippen molar-refractivity contribution < 1.29 is 0 Å². The molecule has 0 spiro atoms. The van der Waals surface area contributed by atoms with Gasteiger partial charge in [-0.15, -0.1) is 0 Å². The highest BCUT2D eigenvalue weighted by atomic mass is 35.5. The Labute approximate surface area is 170 Å². The predicted molar refractivity (Wildman–Crippen MR) is 115 cm³/mol. The average Bonchev–Trinajstić information content (AvgIpc) is 2.83. The molecule has 0 saturated carbocycles. The third-order valence-electron chi connectivity index (χ3n) is 5.40. The van der Waals surface area contributed by atoms with Crippen molar-refractivity contribution in [2.75, 3.05) is 44.7 Å². The van der Waals surface area contributed by atoms with Crippen LogP contribution in [0.25, 0.3) is 0 Å². The van der Waals surface area contributed by atoms with Crippen LogP contribution in [0.3, 0.4) is 0 Å². The van der Waals surface area contributed by atoms with E-state index in [0.717, 1.165) is 24.5 Å². The monoisotopic (exact) mass is 404 g/mol. The van der Waals surface area contributed by atoms with Crippen LogP contribution in [0, 0.1) is 0 Å². The van der Waals surface area contributed by atoms with Crippen LogP contribution >= 0.6 is 35.1 Å². The fraction of sp³-hybridized carbons (Fsp3) is 0.429. The highest BCUT2D eigenvalue weighted by Gasteiger charge is 2.29. The maximum absolute atomic E-state index is 6.39. The molecule has 1 unspecified atom stereocenters. The van der Waals surface area contributed by atoms with Crippen LogP contribution in [0.1, 0.15) is 17.2 Å². The first kappa shape index (κ1) is 18.7. The Morgan fingerprint density at radius 2 is 1.88 bits per heavy atom. The zero-order chi connectivity index (χ0) is 17.9. The molecule has 0 N–H and O–H groups in total. The molecule has 4 rings (SSSR count). The van der Waals surface area contributed by atoms with Crippen LogP contribution in [-0.2, 0) is 6.42 Å². The standard InChI is InChI=1S/C21H25ClN2S2/c1-25-13-12-23-8-10-24(11-9-23)19-14-16-4-2-3-5-20(16)26-21-7-6-17(22)15-18(19)21/h2-7,15,19H,8-14H2,1H3. The van der Waals surface area contributed by atoms with Crippen molar-refractivity contribution in [3.05, 3.63) is 58.6 Å². The molecule has 0 bridgehead atoms. The van der Waals surface area contributed by atoms with Gasteiger partial charge in [-0.25, -0.2) is 0 Å². The van der Waals surface area contributed by atoms with Gasteiger partial charge < -0.3 is 0 Å². The van der Waals surface area contributed by atoms with Gasteiger partial charge in [0.1, 0.15) is 0 Å². The third kappa shape index (κ3) is 4.10. The van der Waals surface area contributed by atoms with Crippen molar-refractivity contribution >= 4 is 35.1 Å². The number of benzene rings is 2. The van der Waals surface area contributed by atoms with Crippen LogP contribution in [-0.4, -0.2) is 54.5 Å². The maximum atomic E-state index is 6.39. The van der Waals surface area contributed by atoms with Gasteiger partial charge in [0.25, 0.3) is 0 Å². The lowest BCUT2D eigenvalue weighted by atomic mass is 9.96. The SMILES string of the molecule is CSCCN1CCN(C2Cc3ccccc3Sc3ccc(Cl)cc32)CC1. The summed E-state index contributed by atoms with van der Waals surface area (Å²) in [5, 5.41) is 0.846. The van der Waals surface area contributed by atoms with Crippen LogP contribution in [0.15, 0.2) is 52.3 Å². The second kappa shape index (κ2) is 8.57. The number of rotatable bonds is 4. The van der Waals surface area contributed by atoms with Gasteiger partial charge in [-0.05, 0) is 48.1 Å². The van der Waals surface area contributed by atoms with E-state index in [-0.39, 0.29) is 0 Å². The Kier molecular flexibility index (Phi) is 6.17. The van der Waals surface area contributed by atoms with E-state index in [0.29, 0.717) is 6.04 Å². The van der Waals surface area contributed by atoms with Crippen LogP contribution in [0.5, 0.6) is 0 Å². The van der Waals surface area contributed by atoms with Crippen molar-refractivity contribution in [1.82, 2.24) is 9.80 Å². The summed E-state index contributed by atoms with van der Waals surface area (Å²) >= 11 is 10.2. The van der Waals surface area contributed by atoms with E-state index in [1.807, 2.05) is 29.6 Å². The van der Waals surface area contributed by atoms with Gasteiger partial charge in [0.05, 0.1) is 0 Å². The van der Waals surface area contributed by atoms with E-state index in [2.05, 4.69) is 52.5 Å². The van der Waals surface area contributed by atoms with Crippen LogP contribution < -0.4 is 0 Å². The summed E-state index contributed by atoms with van der Waals surface area (Å²) in [7, 11) is 0. The quantitative estimate of drug-likeness (QED) is 0.701. The summed E-state index contributed by atoms with van der Waals surface area (Å²) < 4.78 is 0. The lowest BCUT2D eigenvalue weighted by Gasteiger charge is -2.39. The minimum Gasteiger partial charge on any atom is -0.300 e. The summed E-state index contributed by atoms with van der Waals surface area (Å²) in [6, 6.07) is 15.7. The molecule has 0 aliphatic carbocycles. The molecule has 0 radical (unpaired) electrons. The molecule has 1 atom stereocenters. The number of nitrogens with zero attached hydrogens (tertiary/aromatic N) is 2. The third-order valence-corrected chi connectivity index (χ3v) is 7.43. The molecule has 0 amide bonds. The molecule has 1 fully saturated rings. The van der Waals surface area contributed by atoms with Gasteiger partial charge in [0, 0.05) is 59.3 Å². The molecule has 2 nitrogen and oxygen atoms in total. The number of hydrogen-bond acceptors (Lipinski definition) is 4. The van der Waals surface area contributed by atoms with Gasteiger partial charge >= 0.3 is 0 Å². The lowest BCUT2D eigenvalue weighted by molar-refractivity contribution is 0.0984. The van der Waals surface area contributed by atoms with Gasteiger partial charge in [0.2, 0.25) is 0 Å². The predicted octanol–water partition coefficient (Wildman–Crippen LogP) is 5.07. The summed E-state index contributed by atoms with van der Waals surface area (Å²) in [6.07, 6.45) is 3.26. The summed E-state index contributed by atoms with van der Waals surface area (Å²) in [5.41, 5.74) is 2.86. The fourth-order valence-corrected chi connectivity index (χ4v) is 5.66. The smallest absolute Gasteiger partial charge is 0.0410 e. The molecule has 2 aliphatic rings. The zero-order valence-electron chi connectivity index (χ0n) is 15.2. The van der Waals surface area contributed by atoms with E-state index in [1.54, 1.807) is 0 Å². The highest BCUT2D eigenvalue weighted by molar-refractivity contribution is 7.99. The van der Waals surface area contributed by atoms with Crippen molar-refractivity contribution in [3.63, 3.8) is 0 Å². The second-order valence-corrected chi connectivity index (χ2v) is 9.49. The van der Waals surface area contributed by atoms with Crippen molar-refractivity contribution in [1.29, 1.82) is 0 Å². The van der Waals surface area contributed by atoms with Crippen molar-refractivity contribution in [2.24, 2.45) is 0 Å². The van der Waals surface area contributed by atoms with Crippen LogP contribution in [0.4, 0.5) is 0 Å². The van der Waals surface area contributed by atoms with Gasteiger partial charge in [0.15, 0.2) is 0 Å².